The summed E-state index contributed by atoms with van der Waals surface area (Å²) in [6.07, 6.45) is 9.00. The lowest BCUT2D eigenvalue weighted by Crippen LogP contribution is -2.38. The number of aromatic nitrogens is 4. The standard InChI is InChI=1S/C25H26N6O2S/c1-17(32)29-21-15-18(25(33)31-11-5-3-7-22(31)24-27-10-13-34-24)14-20-23(21)30(16-28-20)12-8-19-6-2-4-9-26-19/h2,4,6,9-10,13-16,22H,3,5,7-8,11-12H2,1H3,(H,29,32). The number of carbonyl (C=O) groups is 2. The number of hydrogen-bond donors (Lipinski definition) is 1. The van der Waals surface area contributed by atoms with Crippen molar-refractivity contribution in [3.05, 3.63) is 70.7 Å². The molecule has 1 atom stereocenters. The lowest BCUT2D eigenvalue weighted by atomic mass is 10.0. The quantitative estimate of drug-likeness (QED) is 0.445. The van der Waals surface area contributed by atoms with Crippen LogP contribution in [-0.2, 0) is 17.8 Å². The number of likely N-dealkylation sites (tertiary alicyclic amines) is 1. The first-order valence-corrected chi connectivity index (χ1v) is 12.3. The van der Waals surface area contributed by atoms with E-state index >= 15 is 0 Å². The minimum absolute atomic E-state index is 0.0166. The Bertz CT molecular complexity index is 1300. The van der Waals surface area contributed by atoms with E-state index in [4.69, 9.17) is 0 Å². The van der Waals surface area contributed by atoms with E-state index in [-0.39, 0.29) is 17.9 Å². The average molecular weight is 475 g/mol. The Kier molecular flexibility index (Phi) is 6.35. The molecule has 0 radical (unpaired) electrons. The second-order valence-electron chi connectivity index (χ2n) is 8.46. The fourth-order valence-corrected chi connectivity index (χ4v) is 5.35. The highest BCUT2D eigenvalue weighted by molar-refractivity contribution is 7.09. The number of fused-ring (bicyclic) bond motifs is 1. The van der Waals surface area contributed by atoms with Crippen molar-refractivity contribution in [2.24, 2.45) is 0 Å². The molecule has 174 valence electrons. The first-order chi connectivity index (χ1) is 16.6. The van der Waals surface area contributed by atoms with Gasteiger partial charge in [-0.05, 0) is 43.5 Å². The Labute approximate surface area is 201 Å². The molecule has 1 aliphatic rings. The van der Waals surface area contributed by atoms with Crippen LogP contribution < -0.4 is 5.32 Å². The van der Waals surface area contributed by atoms with Crippen molar-refractivity contribution in [1.82, 2.24) is 24.4 Å². The number of carbonyl (C=O) groups excluding carboxylic acids is 2. The van der Waals surface area contributed by atoms with Gasteiger partial charge in [-0.2, -0.15) is 0 Å². The van der Waals surface area contributed by atoms with Gasteiger partial charge in [-0.1, -0.05) is 6.07 Å². The fraction of sp³-hybridized carbons (Fsp3) is 0.320. The Hall–Kier alpha value is -3.59. The van der Waals surface area contributed by atoms with Gasteiger partial charge in [0.25, 0.3) is 5.91 Å². The largest absolute Gasteiger partial charge is 0.329 e. The van der Waals surface area contributed by atoms with Crippen LogP contribution >= 0.6 is 11.3 Å². The molecule has 1 saturated heterocycles. The molecule has 0 bridgehead atoms. The second kappa shape index (κ2) is 9.72. The Balaban J connectivity index is 1.48. The van der Waals surface area contributed by atoms with E-state index in [0.717, 1.165) is 41.9 Å². The Morgan fingerprint density at radius 1 is 1.15 bits per heavy atom. The number of rotatable bonds is 6. The summed E-state index contributed by atoms with van der Waals surface area (Å²) in [5.41, 5.74) is 3.58. The van der Waals surface area contributed by atoms with Crippen LogP contribution in [0.2, 0.25) is 0 Å². The highest BCUT2D eigenvalue weighted by Crippen LogP contribution is 2.34. The van der Waals surface area contributed by atoms with Crippen LogP contribution in [0.3, 0.4) is 0 Å². The van der Waals surface area contributed by atoms with Gasteiger partial charge in [0.1, 0.15) is 5.01 Å². The summed E-state index contributed by atoms with van der Waals surface area (Å²) in [5.74, 6) is -0.251. The maximum atomic E-state index is 13.7. The van der Waals surface area contributed by atoms with Crippen molar-refractivity contribution in [2.45, 2.75) is 45.2 Å². The molecule has 0 spiro atoms. The zero-order chi connectivity index (χ0) is 23.5. The van der Waals surface area contributed by atoms with E-state index in [1.54, 1.807) is 36.1 Å². The van der Waals surface area contributed by atoms with Crippen LogP contribution in [0.25, 0.3) is 11.0 Å². The number of imidazole rings is 1. The minimum Gasteiger partial charge on any atom is -0.329 e. The predicted octanol–water partition coefficient (Wildman–Crippen LogP) is 4.46. The minimum atomic E-state index is -0.193. The van der Waals surface area contributed by atoms with Gasteiger partial charge >= 0.3 is 0 Å². The third kappa shape index (κ3) is 4.56. The molecule has 4 aromatic rings. The monoisotopic (exact) mass is 474 g/mol. The second-order valence-corrected chi connectivity index (χ2v) is 9.39. The smallest absolute Gasteiger partial charge is 0.254 e. The van der Waals surface area contributed by atoms with Crippen molar-refractivity contribution in [1.29, 1.82) is 0 Å². The van der Waals surface area contributed by atoms with E-state index in [1.165, 1.54) is 6.92 Å². The number of nitrogens with zero attached hydrogens (tertiary/aromatic N) is 5. The highest BCUT2D eigenvalue weighted by atomic mass is 32.1. The third-order valence-corrected chi connectivity index (χ3v) is 6.98. The van der Waals surface area contributed by atoms with Crippen molar-refractivity contribution < 1.29 is 9.59 Å². The number of piperidine rings is 1. The van der Waals surface area contributed by atoms with E-state index in [0.29, 0.717) is 29.9 Å². The summed E-state index contributed by atoms with van der Waals surface area (Å²) in [6.45, 7) is 2.82. The molecule has 1 N–H and O–H groups in total. The lowest BCUT2D eigenvalue weighted by molar-refractivity contribution is -0.114. The number of nitrogens with one attached hydrogen (secondary N) is 1. The van der Waals surface area contributed by atoms with Gasteiger partial charge in [0.15, 0.2) is 0 Å². The van der Waals surface area contributed by atoms with Gasteiger partial charge in [0, 0.05) is 55.5 Å². The van der Waals surface area contributed by atoms with Gasteiger partial charge in [-0.15, -0.1) is 11.3 Å². The van der Waals surface area contributed by atoms with E-state index in [9.17, 15) is 9.59 Å². The van der Waals surface area contributed by atoms with Gasteiger partial charge in [-0.25, -0.2) is 9.97 Å². The molecule has 34 heavy (non-hydrogen) atoms. The lowest BCUT2D eigenvalue weighted by Gasteiger charge is -2.34. The number of thiazole rings is 1. The Morgan fingerprint density at radius 2 is 2.06 bits per heavy atom. The van der Waals surface area contributed by atoms with Gasteiger partial charge in [0.05, 0.1) is 29.1 Å². The summed E-state index contributed by atoms with van der Waals surface area (Å²) in [5, 5.41) is 5.83. The molecule has 0 saturated carbocycles. The number of pyridine rings is 1. The molecule has 5 rings (SSSR count). The summed E-state index contributed by atoms with van der Waals surface area (Å²) in [7, 11) is 0. The topological polar surface area (TPSA) is 93.0 Å². The van der Waals surface area contributed by atoms with Crippen molar-refractivity contribution in [3.63, 3.8) is 0 Å². The maximum absolute atomic E-state index is 13.7. The van der Waals surface area contributed by atoms with Crippen LogP contribution in [0, 0.1) is 0 Å². The molecule has 9 heteroatoms. The average Bonchev–Trinajstić information content (AvgIpc) is 3.53. The number of anilines is 1. The number of aryl methyl sites for hydroxylation is 2. The summed E-state index contributed by atoms with van der Waals surface area (Å²) >= 11 is 1.58. The van der Waals surface area contributed by atoms with Crippen LogP contribution in [0.1, 0.15) is 53.3 Å². The summed E-state index contributed by atoms with van der Waals surface area (Å²) in [6, 6.07) is 9.44. The molecule has 1 aliphatic heterocycles. The van der Waals surface area contributed by atoms with Gasteiger partial charge in [0.2, 0.25) is 5.91 Å². The maximum Gasteiger partial charge on any atom is 0.254 e. The highest BCUT2D eigenvalue weighted by Gasteiger charge is 2.31. The molecule has 1 unspecified atom stereocenters. The van der Waals surface area contributed by atoms with Gasteiger partial charge < -0.3 is 14.8 Å². The first-order valence-electron chi connectivity index (χ1n) is 11.5. The van der Waals surface area contributed by atoms with Crippen molar-refractivity contribution in [3.8, 4) is 0 Å². The van der Waals surface area contributed by atoms with Crippen molar-refractivity contribution in [2.75, 3.05) is 11.9 Å². The number of amides is 2. The van der Waals surface area contributed by atoms with E-state index in [1.807, 2.05) is 39.1 Å². The normalized spacial score (nSPS) is 16.0. The first kappa shape index (κ1) is 22.2. The van der Waals surface area contributed by atoms with Crippen LogP contribution in [0.15, 0.2) is 54.4 Å². The fourth-order valence-electron chi connectivity index (χ4n) is 4.56. The van der Waals surface area contributed by atoms with Gasteiger partial charge in [-0.3, -0.25) is 14.6 Å². The predicted molar refractivity (Wildman–Crippen MR) is 132 cm³/mol. The molecule has 8 nitrogen and oxygen atoms in total. The van der Waals surface area contributed by atoms with E-state index < -0.39 is 0 Å². The number of hydrogen-bond acceptors (Lipinski definition) is 6. The molecule has 4 heterocycles. The van der Waals surface area contributed by atoms with Crippen LogP contribution in [-0.4, -0.2) is 42.8 Å². The zero-order valence-electron chi connectivity index (χ0n) is 19.0. The molecule has 1 aromatic carbocycles. The molecule has 1 fully saturated rings. The number of benzene rings is 1. The zero-order valence-corrected chi connectivity index (χ0v) is 19.8. The van der Waals surface area contributed by atoms with E-state index in [2.05, 4.69) is 20.3 Å². The molecular weight excluding hydrogens is 448 g/mol. The Morgan fingerprint density at radius 3 is 2.82 bits per heavy atom. The molecular formula is C25H26N6O2S. The molecule has 2 amide bonds. The van der Waals surface area contributed by atoms with Crippen LogP contribution in [0.5, 0.6) is 0 Å². The molecule has 3 aromatic heterocycles. The summed E-state index contributed by atoms with van der Waals surface area (Å²) in [4.78, 5) is 41.0. The molecule has 0 aliphatic carbocycles. The van der Waals surface area contributed by atoms with Crippen LogP contribution in [0.4, 0.5) is 5.69 Å². The third-order valence-electron chi connectivity index (χ3n) is 6.11. The SMILES string of the molecule is CC(=O)Nc1cc(C(=O)N2CCCCC2c2nccs2)cc2ncn(CCc3ccccn3)c12. The van der Waals surface area contributed by atoms with Crippen molar-refractivity contribution >= 4 is 39.9 Å². The summed E-state index contributed by atoms with van der Waals surface area (Å²) < 4.78 is 2.00.